The molecule has 2 heterocycles. The molecule has 3 heteroatoms. The summed E-state index contributed by atoms with van der Waals surface area (Å²) in [4.78, 5) is 2.42. The third-order valence-corrected chi connectivity index (χ3v) is 11.0. The molecule has 0 spiro atoms. The Bertz CT molecular complexity index is 3180. The fourth-order valence-electron chi connectivity index (χ4n) is 8.58. The van der Waals surface area contributed by atoms with Crippen molar-refractivity contribution in [2.45, 2.75) is 0 Å². The first-order chi connectivity index (χ1) is 27.3. The first-order valence-corrected chi connectivity index (χ1v) is 18.8. The zero-order valence-corrected chi connectivity index (χ0v) is 29.9. The van der Waals surface area contributed by atoms with E-state index >= 15 is 0 Å². The summed E-state index contributed by atoms with van der Waals surface area (Å²) in [7, 11) is 0. The number of fused-ring (bicyclic) bond motifs is 7. The molecule has 0 unspecified atom stereocenters. The number of nitrogens with zero attached hydrogens (tertiary/aromatic N) is 2. The van der Waals surface area contributed by atoms with E-state index in [1.807, 2.05) is 6.07 Å². The van der Waals surface area contributed by atoms with E-state index in [1.54, 1.807) is 0 Å². The van der Waals surface area contributed by atoms with Gasteiger partial charge in [-0.05, 0) is 88.1 Å². The second kappa shape index (κ2) is 12.6. The molecule has 0 saturated carbocycles. The molecular weight excluding hydrogens is 669 g/mol. The first-order valence-electron chi connectivity index (χ1n) is 18.8. The predicted octanol–water partition coefficient (Wildman–Crippen LogP) is 14.6. The SMILES string of the molecule is c1cc(-c2cccc3ccccc23)cc(N(c2cccc(-n3c4ccccc4c4ccccc43)c2)c2ccccc2-c2cccc3oc4ccccc4c23)c1. The van der Waals surface area contributed by atoms with Crippen molar-refractivity contribution in [3.63, 3.8) is 0 Å². The number of rotatable bonds is 6. The summed E-state index contributed by atoms with van der Waals surface area (Å²) in [6.07, 6.45) is 0. The highest BCUT2D eigenvalue weighted by molar-refractivity contribution is 6.14. The number of aromatic nitrogens is 1. The number of hydrogen-bond acceptors (Lipinski definition) is 2. The van der Waals surface area contributed by atoms with E-state index in [0.29, 0.717) is 0 Å². The smallest absolute Gasteiger partial charge is 0.136 e. The Morgan fingerprint density at radius 3 is 1.78 bits per heavy atom. The molecule has 0 aliphatic rings. The van der Waals surface area contributed by atoms with Gasteiger partial charge in [-0.3, -0.25) is 0 Å². The highest BCUT2D eigenvalue weighted by Crippen LogP contribution is 2.46. The molecule has 0 fully saturated rings. The lowest BCUT2D eigenvalue weighted by molar-refractivity contribution is 0.669. The normalized spacial score (nSPS) is 11.6. The second-order valence-electron chi connectivity index (χ2n) is 14.1. The summed E-state index contributed by atoms with van der Waals surface area (Å²) in [6, 6.07) is 74.0. The molecule has 2 aromatic heterocycles. The van der Waals surface area contributed by atoms with Crippen molar-refractivity contribution < 1.29 is 4.42 Å². The number of benzene rings is 9. The van der Waals surface area contributed by atoms with Gasteiger partial charge in [0.1, 0.15) is 11.2 Å². The van der Waals surface area contributed by atoms with Crippen molar-refractivity contribution in [2.75, 3.05) is 4.90 Å². The fourth-order valence-corrected chi connectivity index (χ4v) is 8.58. The van der Waals surface area contributed by atoms with Crippen molar-refractivity contribution in [1.29, 1.82) is 0 Å². The maximum Gasteiger partial charge on any atom is 0.136 e. The van der Waals surface area contributed by atoms with Crippen LogP contribution >= 0.6 is 0 Å². The summed E-state index contributed by atoms with van der Waals surface area (Å²) >= 11 is 0. The average Bonchev–Trinajstić information content (AvgIpc) is 3.80. The lowest BCUT2D eigenvalue weighted by Gasteiger charge is -2.29. The van der Waals surface area contributed by atoms with Crippen molar-refractivity contribution in [2.24, 2.45) is 0 Å². The van der Waals surface area contributed by atoms with Crippen LogP contribution < -0.4 is 4.90 Å². The largest absolute Gasteiger partial charge is 0.456 e. The summed E-state index contributed by atoms with van der Waals surface area (Å²) in [5.74, 6) is 0. The summed E-state index contributed by atoms with van der Waals surface area (Å²) < 4.78 is 8.79. The standard InChI is InChI=1S/C52H34N2O/c1-2-21-40-35(15-1)16-12-26-41(40)36-17-11-18-37(33-36)53(38-19-13-20-39(34-38)54-48-29-8-3-22-42(48)43-23-4-9-30-49(43)54)47-28-7-5-24-44(47)45-27-14-32-51-52(45)46-25-6-10-31-50(46)55-51/h1-34H. The van der Waals surface area contributed by atoms with Crippen LogP contribution in [0.2, 0.25) is 0 Å². The van der Waals surface area contributed by atoms with E-state index in [2.05, 4.69) is 210 Å². The quantitative estimate of drug-likeness (QED) is 0.172. The summed E-state index contributed by atoms with van der Waals surface area (Å²) in [5.41, 5.74) is 13.1. The maximum absolute atomic E-state index is 6.40. The molecule has 0 atom stereocenters. The van der Waals surface area contributed by atoms with E-state index in [-0.39, 0.29) is 0 Å². The lowest BCUT2D eigenvalue weighted by Crippen LogP contribution is -2.12. The molecule has 11 aromatic rings. The number of furan rings is 1. The van der Waals surface area contributed by atoms with Crippen LogP contribution in [0.15, 0.2) is 211 Å². The Morgan fingerprint density at radius 1 is 0.382 bits per heavy atom. The van der Waals surface area contributed by atoms with E-state index in [1.165, 1.54) is 43.7 Å². The van der Waals surface area contributed by atoms with Crippen molar-refractivity contribution >= 4 is 71.6 Å². The molecule has 0 bridgehead atoms. The van der Waals surface area contributed by atoms with Crippen LogP contribution in [0, 0.1) is 0 Å². The Morgan fingerprint density at radius 2 is 0.945 bits per heavy atom. The van der Waals surface area contributed by atoms with Gasteiger partial charge in [0.25, 0.3) is 0 Å². The highest BCUT2D eigenvalue weighted by Gasteiger charge is 2.22. The molecule has 9 aromatic carbocycles. The Kier molecular flexibility index (Phi) is 7.17. The number of para-hydroxylation sites is 4. The third kappa shape index (κ3) is 5.05. The van der Waals surface area contributed by atoms with Gasteiger partial charge in [-0.2, -0.15) is 0 Å². The van der Waals surface area contributed by atoms with Crippen molar-refractivity contribution in [3.05, 3.63) is 206 Å². The van der Waals surface area contributed by atoms with E-state index in [4.69, 9.17) is 4.42 Å². The van der Waals surface area contributed by atoms with Gasteiger partial charge in [-0.15, -0.1) is 0 Å². The molecule has 0 amide bonds. The fraction of sp³-hybridized carbons (Fsp3) is 0. The molecule has 0 N–H and O–H groups in total. The zero-order chi connectivity index (χ0) is 36.3. The number of anilines is 3. The van der Waals surface area contributed by atoms with Gasteiger partial charge in [0.05, 0.1) is 16.7 Å². The Balaban J connectivity index is 1.17. The summed E-state index contributed by atoms with van der Waals surface area (Å²) in [6.45, 7) is 0. The van der Waals surface area contributed by atoms with Gasteiger partial charge in [0.2, 0.25) is 0 Å². The van der Waals surface area contributed by atoms with Gasteiger partial charge in [0.15, 0.2) is 0 Å². The van der Waals surface area contributed by atoms with E-state index in [0.717, 1.165) is 55.8 Å². The molecular formula is C52H34N2O. The second-order valence-corrected chi connectivity index (χ2v) is 14.1. The van der Waals surface area contributed by atoms with Crippen LogP contribution in [-0.4, -0.2) is 4.57 Å². The summed E-state index contributed by atoms with van der Waals surface area (Å²) in [5, 5.41) is 7.19. The van der Waals surface area contributed by atoms with Crippen LogP contribution in [0.3, 0.4) is 0 Å². The Labute approximate surface area is 318 Å². The molecule has 55 heavy (non-hydrogen) atoms. The van der Waals surface area contributed by atoms with Crippen LogP contribution in [-0.2, 0) is 0 Å². The lowest BCUT2D eigenvalue weighted by atomic mass is 9.96. The molecule has 11 rings (SSSR count). The van der Waals surface area contributed by atoms with Gasteiger partial charge in [-0.25, -0.2) is 0 Å². The van der Waals surface area contributed by atoms with Crippen LogP contribution in [0.25, 0.3) is 82.5 Å². The van der Waals surface area contributed by atoms with Gasteiger partial charge in [-0.1, -0.05) is 146 Å². The minimum absolute atomic E-state index is 0.881. The molecule has 0 aliphatic heterocycles. The molecule has 0 aliphatic carbocycles. The monoisotopic (exact) mass is 702 g/mol. The first kappa shape index (κ1) is 31.2. The maximum atomic E-state index is 6.40. The topological polar surface area (TPSA) is 21.3 Å². The van der Waals surface area contributed by atoms with Crippen LogP contribution in [0.4, 0.5) is 17.1 Å². The van der Waals surface area contributed by atoms with E-state index in [9.17, 15) is 0 Å². The van der Waals surface area contributed by atoms with E-state index < -0.39 is 0 Å². The third-order valence-electron chi connectivity index (χ3n) is 11.0. The molecule has 0 radical (unpaired) electrons. The Hall–Kier alpha value is -7.36. The zero-order valence-electron chi connectivity index (χ0n) is 29.9. The van der Waals surface area contributed by atoms with Gasteiger partial charge >= 0.3 is 0 Å². The average molecular weight is 703 g/mol. The van der Waals surface area contributed by atoms with Crippen molar-refractivity contribution in [1.82, 2.24) is 4.57 Å². The van der Waals surface area contributed by atoms with Gasteiger partial charge < -0.3 is 13.9 Å². The molecule has 3 nitrogen and oxygen atoms in total. The minimum Gasteiger partial charge on any atom is -0.456 e. The van der Waals surface area contributed by atoms with Crippen molar-refractivity contribution in [3.8, 4) is 27.9 Å². The minimum atomic E-state index is 0.881. The van der Waals surface area contributed by atoms with Gasteiger partial charge in [0, 0.05) is 44.2 Å². The van der Waals surface area contributed by atoms with Crippen LogP contribution in [0.1, 0.15) is 0 Å². The predicted molar refractivity (Wildman–Crippen MR) is 231 cm³/mol. The molecule has 0 saturated heterocycles. The highest BCUT2D eigenvalue weighted by atomic mass is 16.3. The van der Waals surface area contributed by atoms with Crippen LogP contribution in [0.5, 0.6) is 0 Å². The number of hydrogen-bond donors (Lipinski definition) is 0. The molecule has 258 valence electrons.